The average Bonchev–Trinajstić information content (AvgIpc) is 3.39. The highest BCUT2D eigenvalue weighted by atomic mass is 32.2. The molecule has 4 rings (SSSR count). The van der Waals surface area contributed by atoms with Crippen molar-refractivity contribution in [3.05, 3.63) is 72.4 Å². The van der Waals surface area contributed by atoms with Gasteiger partial charge in [0.25, 0.3) is 0 Å². The Kier molecular flexibility index (Phi) is 5.82. The molecule has 2 aromatic heterocycles. The largest absolute Gasteiger partial charge is 0.338 e. The van der Waals surface area contributed by atoms with E-state index in [1.54, 1.807) is 11.8 Å². The first-order valence-corrected chi connectivity index (χ1v) is 10.3. The second-order valence-corrected chi connectivity index (χ2v) is 7.28. The van der Waals surface area contributed by atoms with E-state index in [9.17, 15) is 0 Å². The molecule has 0 amide bonds. The number of para-hydroxylation sites is 1. The minimum atomic E-state index is 0.554. The third-order valence-corrected chi connectivity index (χ3v) is 5.18. The van der Waals surface area contributed by atoms with E-state index < -0.39 is 0 Å². The maximum atomic E-state index is 5.38. The van der Waals surface area contributed by atoms with E-state index in [0.29, 0.717) is 11.6 Å². The smallest absolute Gasteiger partial charge is 0.237 e. The van der Waals surface area contributed by atoms with Gasteiger partial charge in [-0.3, -0.25) is 4.57 Å². The second kappa shape index (κ2) is 8.84. The highest BCUT2D eigenvalue weighted by Gasteiger charge is 2.17. The number of hydrogen-bond donors (Lipinski definition) is 0. The first-order chi connectivity index (χ1) is 13.8. The molecule has 7 heteroatoms. The number of thioether (sulfide) groups is 1. The van der Waals surface area contributed by atoms with Crippen molar-refractivity contribution in [3.8, 4) is 17.1 Å². The Balaban J connectivity index is 1.60. The molecule has 142 valence electrons. The third-order valence-electron chi connectivity index (χ3n) is 4.27. The van der Waals surface area contributed by atoms with Crippen LogP contribution in [-0.2, 0) is 12.2 Å². The summed E-state index contributed by atoms with van der Waals surface area (Å²) >= 11 is 1.54. The highest BCUT2D eigenvalue weighted by molar-refractivity contribution is 7.98. The van der Waals surface area contributed by atoms with Crippen LogP contribution in [0.4, 0.5) is 0 Å². The molecule has 0 aliphatic carbocycles. The van der Waals surface area contributed by atoms with Crippen LogP contribution in [0.25, 0.3) is 17.1 Å². The van der Waals surface area contributed by atoms with Crippen LogP contribution in [0, 0.1) is 0 Å². The van der Waals surface area contributed by atoms with E-state index >= 15 is 0 Å². The molecule has 0 fully saturated rings. The normalized spacial score (nSPS) is 11.0. The summed E-state index contributed by atoms with van der Waals surface area (Å²) in [5.41, 5.74) is 2.04. The molecule has 0 bridgehead atoms. The van der Waals surface area contributed by atoms with E-state index in [2.05, 4.69) is 44.0 Å². The van der Waals surface area contributed by atoms with Crippen LogP contribution in [0.5, 0.6) is 0 Å². The lowest BCUT2D eigenvalue weighted by atomic mass is 10.2. The Morgan fingerprint density at radius 2 is 1.71 bits per heavy atom. The minimum Gasteiger partial charge on any atom is -0.338 e. The first-order valence-electron chi connectivity index (χ1n) is 9.35. The van der Waals surface area contributed by atoms with Gasteiger partial charge in [0.05, 0.1) is 5.75 Å². The number of aromatic nitrogens is 5. The number of aryl methyl sites for hydroxylation is 1. The van der Waals surface area contributed by atoms with Gasteiger partial charge in [-0.05, 0) is 18.6 Å². The maximum absolute atomic E-state index is 5.38. The van der Waals surface area contributed by atoms with Gasteiger partial charge in [-0.1, -0.05) is 78.8 Å². The molecule has 0 atom stereocenters. The molecule has 0 spiro atoms. The molecule has 0 saturated heterocycles. The van der Waals surface area contributed by atoms with Crippen LogP contribution in [-0.4, -0.2) is 24.9 Å². The van der Waals surface area contributed by atoms with Gasteiger partial charge in [-0.15, -0.1) is 10.2 Å². The van der Waals surface area contributed by atoms with Crippen molar-refractivity contribution in [1.82, 2.24) is 24.9 Å². The highest BCUT2D eigenvalue weighted by Crippen LogP contribution is 2.29. The number of hydrogen-bond acceptors (Lipinski definition) is 6. The fraction of sp³-hybridized carbons (Fsp3) is 0.238. The topological polar surface area (TPSA) is 69.6 Å². The number of benzene rings is 2. The molecule has 2 heterocycles. The van der Waals surface area contributed by atoms with Crippen LogP contribution < -0.4 is 0 Å². The van der Waals surface area contributed by atoms with E-state index in [1.165, 1.54) is 0 Å². The van der Waals surface area contributed by atoms with Crippen LogP contribution >= 0.6 is 11.8 Å². The van der Waals surface area contributed by atoms with Crippen molar-refractivity contribution in [1.29, 1.82) is 0 Å². The third kappa shape index (κ3) is 4.14. The lowest BCUT2D eigenvalue weighted by Gasteiger charge is -2.09. The molecule has 6 nitrogen and oxygen atoms in total. The summed E-state index contributed by atoms with van der Waals surface area (Å²) < 4.78 is 7.44. The molecule has 0 saturated carbocycles. The van der Waals surface area contributed by atoms with Gasteiger partial charge in [0.2, 0.25) is 5.89 Å². The molecule has 0 unspecified atom stereocenters. The van der Waals surface area contributed by atoms with Crippen molar-refractivity contribution in [3.63, 3.8) is 0 Å². The fourth-order valence-corrected chi connectivity index (χ4v) is 3.65. The Morgan fingerprint density at radius 3 is 2.46 bits per heavy atom. The van der Waals surface area contributed by atoms with Crippen LogP contribution in [0.2, 0.25) is 0 Å². The average molecular weight is 392 g/mol. The minimum absolute atomic E-state index is 0.554. The molecule has 28 heavy (non-hydrogen) atoms. The predicted molar refractivity (Wildman–Crippen MR) is 109 cm³/mol. The lowest BCUT2D eigenvalue weighted by molar-refractivity contribution is 0.384. The molecule has 0 N–H and O–H groups in total. The molecule has 0 aliphatic rings. The Labute approximate surface area is 168 Å². The standard InChI is InChI=1S/C21H21N5OS/c1-2-3-14-18-22-19(27-25-18)15-28-21-24-23-20(16-10-6-4-7-11-16)26(21)17-12-8-5-9-13-17/h4-13H,2-3,14-15H2,1H3. The molecule has 2 aromatic carbocycles. The van der Waals surface area contributed by atoms with Crippen molar-refractivity contribution in [2.75, 3.05) is 0 Å². The summed E-state index contributed by atoms with van der Waals surface area (Å²) in [4.78, 5) is 4.47. The molecule has 0 aliphatic heterocycles. The number of rotatable bonds is 8. The Hall–Kier alpha value is -2.93. The fourth-order valence-electron chi connectivity index (χ4n) is 2.86. The summed E-state index contributed by atoms with van der Waals surface area (Å²) in [6, 6.07) is 20.2. The summed E-state index contributed by atoms with van der Waals surface area (Å²) in [6.07, 6.45) is 3.03. The molecular formula is C21H21N5OS. The van der Waals surface area contributed by atoms with Gasteiger partial charge in [-0.2, -0.15) is 4.98 Å². The summed E-state index contributed by atoms with van der Waals surface area (Å²) in [6.45, 7) is 2.15. The summed E-state index contributed by atoms with van der Waals surface area (Å²) in [7, 11) is 0. The van der Waals surface area contributed by atoms with Gasteiger partial charge in [0.15, 0.2) is 16.8 Å². The van der Waals surface area contributed by atoms with Gasteiger partial charge in [0, 0.05) is 17.7 Å². The zero-order chi connectivity index (χ0) is 19.2. The van der Waals surface area contributed by atoms with Crippen LogP contribution in [0.3, 0.4) is 0 Å². The van der Waals surface area contributed by atoms with E-state index in [4.69, 9.17) is 4.52 Å². The summed E-state index contributed by atoms with van der Waals surface area (Å²) in [5.74, 6) is 2.74. The van der Waals surface area contributed by atoms with Crippen LogP contribution in [0.15, 0.2) is 70.3 Å². The SMILES string of the molecule is CCCCc1noc(CSc2nnc(-c3ccccc3)n2-c2ccccc2)n1. The first kappa shape index (κ1) is 18.4. The van der Waals surface area contributed by atoms with E-state index in [1.807, 2.05) is 48.5 Å². The zero-order valence-corrected chi connectivity index (χ0v) is 16.5. The van der Waals surface area contributed by atoms with Crippen LogP contribution in [0.1, 0.15) is 31.5 Å². The predicted octanol–water partition coefficient (Wildman–Crippen LogP) is 4.95. The van der Waals surface area contributed by atoms with Crippen molar-refractivity contribution in [2.24, 2.45) is 0 Å². The van der Waals surface area contributed by atoms with E-state index in [0.717, 1.165) is 47.3 Å². The zero-order valence-electron chi connectivity index (χ0n) is 15.7. The molecule has 0 radical (unpaired) electrons. The van der Waals surface area contributed by atoms with Gasteiger partial charge in [-0.25, -0.2) is 0 Å². The number of nitrogens with zero attached hydrogens (tertiary/aromatic N) is 5. The van der Waals surface area contributed by atoms with Crippen molar-refractivity contribution >= 4 is 11.8 Å². The maximum Gasteiger partial charge on any atom is 0.237 e. The molecular weight excluding hydrogens is 370 g/mol. The van der Waals surface area contributed by atoms with Crippen molar-refractivity contribution < 1.29 is 4.52 Å². The lowest BCUT2D eigenvalue weighted by Crippen LogP contribution is -1.99. The quantitative estimate of drug-likeness (QED) is 0.396. The van der Waals surface area contributed by atoms with Gasteiger partial charge < -0.3 is 4.52 Å². The Bertz CT molecular complexity index is 1010. The Morgan fingerprint density at radius 1 is 0.964 bits per heavy atom. The summed E-state index contributed by atoms with van der Waals surface area (Å²) in [5, 5.41) is 13.7. The number of unbranched alkanes of at least 4 members (excludes halogenated alkanes) is 1. The van der Waals surface area contributed by atoms with E-state index in [-0.39, 0.29) is 0 Å². The monoisotopic (exact) mass is 391 g/mol. The van der Waals surface area contributed by atoms with Gasteiger partial charge >= 0.3 is 0 Å². The molecule has 4 aromatic rings. The second-order valence-electron chi connectivity index (χ2n) is 6.34. The van der Waals surface area contributed by atoms with Gasteiger partial charge in [0.1, 0.15) is 0 Å². The van der Waals surface area contributed by atoms with Crippen molar-refractivity contribution in [2.45, 2.75) is 37.1 Å².